The van der Waals surface area contributed by atoms with Crippen LogP contribution in [0.4, 0.5) is 5.13 Å². The first-order valence-corrected chi connectivity index (χ1v) is 7.59. The number of carbonyl (C=O) groups excluding carboxylic acids is 1. The van der Waals surface area contributed by atoms with Crippen LogP contribution in [0.25, 0.3) is 0 Å². The molecule has 19 heavy (non-hydrogen) atoms. The fraction of sp³-hybridized carbons (Fsp3) is 0.692. The Labute approximate surface area is 117 Å². The molecule has 3 atom stereocenters. The average Bonchev–Trinajstić information content (AvgIpc) is 2.98. The van der Waals surface area contributed by atoms with Gasteiger partial charge in [0.25, 0.3) is 0 Å². The number of nitrogens with zero attached hydrogens (tertiary/aromatic N) is 1. The van der Waals surface area contributed by atoms with Crippen molar-refractivity contribution in [1.82, 2.24) is 10.3 Å². The van der Waals surface area contributed by atoms with Gasteiger partial charge in [0.15, 0.2) is 5.13 Å². The van der Waals surface area contributed by atoms with Crippen molar-refractivity contribution in [3.8, 4) is 0 Å². The number of hydrogen-bond acceptors (Lipinski definition) is 5. The van der Waals surface area contributed by atoms with Crippen LogP contribution in [0.2, 0.25) is 0 Å². The molecule has 1 aliphatic rings. The molecular weight excluding hydrogens is 262 g/mol. The molecule has 6 heteroatoms. The molecule has 1 fully saturated rings. The molecule has 0 bridgehead atoms. The van der Waals surface area contributed by atoms with Crippen LogP contribution in [0.3, 0.4) is 0 Å². The van der Waals surface area contributed by atoms with E-state index in [-0.39, 0.29) is 24.0 Å². The number of hydrogen-bond donors (Lipinski definition) is 2. The molecule has 0 saturated carbocycles. The van der Waals surface area contributed by atoms with Crippen molar-refractivity contribution in [1.29, 1.82) is 0 Å². The molecule has 2 rings (SSSR count). The van der Waals surface area contributed by atoms with E-state index in [1.165, 1.54) is 11.3 Å². The maximum atomic E-state index is 12.0. The van der Waals surface area contributed by atoms with E-state index >= 15 is 0 Å². The molecule has 0 radical (unpaired) electrons. The topological polar surface area (TPSA) is 63.2 Å². The first-order chi connectivity index (χ1) is 9.10. The van der Waals surface area contributed by atoms with E-state index < -0.39 is 0 Å². The van der Waals surface area contributed by atoms with Gasteiger partial charge in [0, 0.05) is 11.4 Å². The maximum absolute atomic E-state index is 12.0. The van der Waals surface area contributed by atoms with Crippen LogP contribution in [-0.4, -0.2) is 30.1 Å². The highest BCUT2D eigenvalue weighted by atomic mass is 32.1. The third kappa shape index (κ3) is 3.75. The molecule has 2 heterocycles. The predicted octanol–water partition coefficient (Wildman–Crippen LogP) is 2.18. The van der Waals surface area contributed by atoms with E-state index in [2.05, 4.69) is 29.5 Å². The van der Waals surface area contributed by atoms with Crippen molar-refractivity contribution in [2.45, 2.75) is 39.3 Å². The number of thiazole rings is 1. The standard InChI is InChI=1S/C13H21N3O2S/c1-4-14-9(3)11-7-19-13(15-11)16-12(17)10-5-8(2)18-6-10/h7-10,14H,4-6H2,1-3H3,(H,15,16,17). The van der Waals surface area contributed by atoms with E-state index in [9.17, 15) is 4.79 Å². The summed E-state index contributed by atoms with van der Waals surface area (Å²) in [6.45, 7) is 7.53. The molecule has 1 saturated heterocycles. The summed E-state index contributed by atoms with van der Waals surface area (Å²) < 4.78 is 5.41. The van der Waals surface area contributed by atoms with E-state index in [4.69, 9.17) is 4.74 Å². The summed E-state index contributed by atoms with van der Waals surface area (Å²) in [5, 5.41) is 8.84. The third-order valence-electron chi connectivity index (χ3n) is 3.28. The molecule has 106 valence electrons. The smallest absolute Gasteiger partial charge is 0.231 e. The molecular formula is C13H21N3O2S. The Kier molecular flexibility index (Phi) is 4.90. The molecule has 1 aromatic heterocycles. The average molecular weight is 283 g/mol. The molecule has 1 amide bonds. The lowest BCUT2D eigenvalue weighted by atomic mass is 10.1. The largest absolute Gasteiger partial charge is 0.378 e. The van der Waals surface area contributed by atoms with Gasteiger partial charge in [-0.25, -0.2) is 4.98 Å². The number of rotatable bonds is 5. The summed E-state index contributed by atoms with van der Waals surface area (Å²) in [5.74, 6) is -0.0325. The van der Waals surface area contributed by atoms with Crippen LogP contribution in [0.5, 0.6) is 0 Å². The molecule has 0 spiro atoms. The van der Waals surface area contributed by atoms with Crippen molar-refractivity contribution >= 4 is 22.4 Å². The van der Waals surface area contributed by atoms with Crippen LogP contribution in [-0.2, 0) is 9.53 Å². The summed E-state index contributed by atoms with van der Waals surface area (Å²) in [5.41, 5.74) is 0.971. The quantitative estimate of drug-likeness (QED) is 0.869. The predicted molar refractivity (Wildman–Crippen MR) is 76.4 cm³/mol. The number of nitrogens with one attached hydrogen (secondary N) is 2. The monoisotopic (exact) mass is 283 g/mol. The van der Waals surface area contributed by atoms with E-state index in [0.717, 1.165) is 18.7 Å². The van der Waals surface area contributed by atoms with Crippen molar-refractivity contribution < 1.29 is 9.53 Å². The van der Waals surface area contributed by atoms with Gasteiger partial charge >= 0.3 is 0 Å². The SMILES string of the molecule is CCNC(C)c1csc(NC(=O)C2COC(C)C2)n1. The maximum Gasteiger partial charge on any atom is 0.231 e. The molecule has 5 nitrogen and oxygen atoms in total. The first kappa shape index (κ1) is 14.4. The van der Waals surface area contributed by atoms with Crippen molar-refractivity contribution in [3.05, 3.63) is 11.1 Å². The summed E-state index contributed by atoms with van der Waals surface area (Å²) in [4.78, 5) is 16.5. The Morgan fingerprint density at radius 1 is 1.68 bits per heavy atom. The van der Waals surface area contributed by atoms with Crippen LogP contribution in [0.1, 0.15) is 38.9 Å². The van der Waals surface area contributed by atoms with Crippen molar-refractivity contribution in [2.75, 3.05) is 18.5 Å². The van der Waals surface area contributed by atoms with Gasteiger partial charge < -0.3 is 15.4 Å². The van der Waals surface area contributed by atoms with E-state index in [0.29, 0.717) is 11.7 Å². The van der Waals surface area contributed by atoms with E-state index in [1.807, 2.05) is 12.3 Å². The lowest BCUT2D eigenvalue weighted by Crippen LogP contribution is -2.23. The normalized spacial score (nSPS) is 24.4. The summed E-state index contributed by atoms with van der Waals surface area (Å²) in [6.07, 6.45) is 0.967. The zero-order chi connectivity index (χ0) is 13.8. The fourth-order valence-electron chi connectivity index (χ4n) is 2.16. The molecule has 1 aliphatic heterocycles. The van der Waals surface area contributed by atoms with E-state index in [1.54, 1.807) is 0 Å². The third-order valence-corrected chi connectivity index (χ3v) is 4.05. The molecule has 0 aliphatic carbocycles. The first-order valence-electron chi connectivity index (χ1n) is 6.71. The van der Waals surface area contributed by atoms with Gasteiger partial charge in [-0.15, -0.1) is 11.3 Å². The zero-order valence-corrected chi connectivity index (χ0v) is 12.4. The van der Waals surface area contributed by atoms with Gasteiger partial charge in [-0.3, -0.25) is 4.79 Å². The zero-order valence-electron chi connectivity index (χ0n) is 11.6. The summed E-state index contributed by atoms with van der Waals surface area (Å²) in [6, 6.07) is 0.210. The minimum atomic E-state index is -0.0476. The number of carbonyl (C=O) groups is 1. The van der Waals surface area contributed by atoms with Crippen LogP contribution >= 0.6 is 11.3 Å². The number of anilines is 1. The summed E-state index contributed by atoms with van der Waals surface area (Å²) >= 11 is 1.47. The Morgan fingerprint density at radius 3 is 3.11 bits per heavy atom. The second-order valence-corrected chi connectivity index (χ2v) is 5.78. The van der Waals surface area contributed by atoms with Crippen molar-refractivity contribution in [3.63, 3.8) is 0 Å². The van der Waals surface area contributed by atoms with Gasteiger partial charge in [0.1, 0.15) is 0 Å². The van der Waals surface area contributed by atoms with Gasteiger partial charge in [0.05, 0.1) is 24.3 Å². The molecule has 1 aromatic rings. The minimum absolute atomic E-state index is 0.0151. The minimum Gasteiger partial charge on any atom is -0.378 e. The van der Waals surface area contributed by atoms with Gasteiger partial charge in [0.2, 0.25) is 5.91 Å². The fourth-order valence-corrected chi connectivity index (χ4v) is 2.97. The second-order valence-electron chi connectivity index (χ2n) is 4.92. The number of ether oxygens (including phenoxy) is 1. The Morgan fingerprint density at radius 2 is 2.47 bits per heavy atom. The highest BCUT2D eigenvalue weighted by Gasteiger charge is 2.28. The van der Waals surface area contributed by atoms with Crippen LogP contribution < -0.4 is 10.6 Å². The lowest BCUT2D eigenvalue weighted by Gasteiger charge is -2.09. The Bertz CT molecular complexity index is 435. The van der Waals surface area contributed by atoms with Crippen LogP contribution in [0, 0.1) is 5.92 Å². The van der Waals surface area contributed by atoms with Crippen molar-refractivity contribution in [2.24, 2.45) is 5.92 Å². The number of aromatic nitrogens is 1. The molecule has 3 unspecified atom stereocenters. The van der Waals surface area contributed by atoms with Gasteiger partial charge in [-0.05, 0) is 26.8 Å². The number of amides is 1. The van der Waals surface area contributed by atoms with Gasteiger partial charge in [-0.1, -0.05) is 6.92 Å². The highest BCUT2D eigenvalue weighted by molar-refractivity contribution is 7.13. The second kappa shape index (κ2) is 6.45. The highest BCUT2D eigenvalue weighted by Crippen LogP contribution is 2.24. The molecule has 2 N–H and O–H groups in total. The lowest BCUT2D eigenvalue weighted by molar-refractivity contribution is -0.119. The summed E-state index contributed by atoms with van der Waals surface area (Å²) in [7, 11) is 0. The van der Waals surface area contributed by atoms with Crippen LogP contribution in [0.15, 0.2) is 5.38 Å². The van der Waals surface area contributed by atoms with Gasteiger partial charge in [-0.2, -0.15) is 0 Å². The Balaban J connectivity index is 1.91. The Hall–Kier alpha value is -0.980. The molecule has 0 aromatic carbocycles.